The van der Waals surface area contributed by atoms with Gasteiger partial charge in [0.2, 0.25) is 0 Å². The summed E-state index contributed by atoms with van der Waals surface area (Å²) in [5.41, 5.74) is 12.7. The first kappa shape index (κ1) is 30.7. The Bertz CT molecular complexity index is 3230. The SMILES string of the molecule is Cc1ccc(-c2[c-]cccc2)nc1.[Ir].[c-]1ccccc1-c1cc2c(cn1)c1cccc3c4cc5c(cc4n2c13)c1cccc2c3ccccc3n5c21. The van der Waals surface area contributed by atoms with Crippen LogP contribution in [0.25, 0.3) is 98.7 Å². The van der Waals surface area contributed by atoms with E-state index < -0.39 is 0 Å². The Morgan fingerprint density at radius 2 is 0.942 bits per heavy atom. The van der Waals surface area contributed by atoms with Crippen molar-refractivity contribution in [1.82, 2.24) is 18.8 Å². The van der Waals surface area contributed by atoms with Crippen LogP contribution in [0.5, 0.6) is 0 Å². The molecule has 6 aromatic heterocycles. The third-order valence-electron chi connectivity index (χ3n) is 10.4. The maximum Gasteiger partial charge on any atom is 0.0620 e. The van der Waals surface area contributed by atoms with Gasteiger partial charge in [-0.15, -0.1) is 71.8 Å². The molecule has 0 saturated heterocycles. The molecule has 0 unspecified atom stereocenters. The number of hydrogen-bond donors (Lipinski definition) is 0. The van der Waals surface area contributed by atoms with Crippen molar-refractivity contribution >= 4 is 76.2 Å². The van der Waals surface area contributed by atoms with Crippen molar-refractivity contribution in [2.24, 2.45) is 0 Å². The minimum absolute atomic E-state index is 0. The summed E-state index contributed by atoms with van der Waals surface area (Å²) in [7, 11) is 0. The smallest absolute Gasteiger partial charge is 0.0620 e. The number of aryl methyl sites for hydroxylation is 1. The van der Waals surface area contributed by atoms with E-state index in [-0.39, 0.29) is 20.1 Å². The number of fused-ring (bicyclic) bond motifs is 12. The summed E-state index contributed by atoms with van der Waals surface area (Å²) in [6.45, 7) is 2.03. The van der Waals surface area contributed by atoms with Crippen molar-refractivity contribution in [3.8, 4) is 22.5 Å². The number of para-hydroxylation sites is 3. The molecule has 0 fully saturated rings. The van der Waals surface area contributed by atoms with Gasteiger partial charge in [0, 0.05) is 81.1 Å². The van der Waals surface area contributed by atoms with Gasteiger partial charge < -0.3 is 18.8 Å². The van der Waals surface area contributed by atoms with E-state index >= 15 is 0 Å². The summed E-state index contributed by atoms with van der Waals surface area (Å²) in [4.78, 5) is 9.15. The topological polar surface area (TPSA) is 34.6 Å². The number of aromatic nitrogens is 4. The van der Waals surface area contributed by atoms with Gasteiger partial charge >= 0.3 is 0 Å². The molecule has 52 heavy (non-hydrogen) atoms. The predicted octanol–water partition coefficient (Wildman–Crippen LogP) is 11.7. The van der Waals surface area contributed by atoms with Crippen LogP contribution >= 0.6 is 0 Å². The molecule has 247 valence electrons. The Balaban J connectivity index is 0.000000206. The number of nitrogens with zero attached hydrogens (tertiary/aromatic N) is 4. The molecule has 6 heterocycles. The van der Waals surface area contributed by atoms with Gasteiger partial charge in [-0.05, 0) is 42.1 Å². The number of hydrogen-bond acceptors (Lipinski definition) is 2. The molecule has 5 heteroatoms. The van der Waals surface area contributed by atoms with E-state index in [9.17, 15) is 0 Å². The Morgan fingerprint density at radius 1 is 0.423 bits per heavy atom. The molecule has 4 nitrogen and oxygen atoms in total. The molecule has 12 rings (SSSR count). The molecule has 0 bridgehead atoms. The van der Waals surface area contributed by atoms with Crippen LogP contribution in [0.15, 0.2) is 152 Å². The molecule has 0 N–H and O–H groups in total. The summed E-state index contributed by atoms with van der Waals surface area (Å²) in [6.07, 6.45) is 3.90. The molecule has 0 saturated carbocycles. The van der Waals surface area contributed by atoms with Gasteiger partial charge in [-0.1, -0.05) is 72.8 Å². The molecular weight excluding hydrogens is 813 g/mol. The fourth-order valence-electron chi connectivity index (χ4n) is 8.17. The number of rotatable bonds is 2. The quantitative estimate of drug-likeness (QED) is 0.163. The van der Waals surface area contributed by atoms with Crippen LogP contribution in [-0.4, -0.2) is 18.8 Å². The molecule has 1 radical (unpaired) electrons. The van der Waals surface area contributed by atoms with Crippen molar-refractivity contribution in [2.75, 3.05) is 0 Å². The number of pyridine rings is 2. The molecular formula is C47H28IrN4-2. The fourth-order valence-corrected chi connectivity index (χ4v) is 8.17. The van der Waals surface area contributed by atoms with Crippen molar-refractivity contribution in [3.05, 3.63) is 170 Å². The molecule has 6 aromatic carbocycles. The van der Waals surface area contributed by atoms with E-state index in [2.05, 4.69) is 117 Å². The third kappa shape index (κ3) is 4.37. The van der Waals surface area contributed by atoms with Crippen molar-refractivity contribution < 1.29 is 20.1 Å². The van der Waals surface area contributed by atoms with Gasteiger partial charge in [0.1, 0.15) is 0 Å². The van der Waals surface area contributed by atoms with Gasteiger partial charge in [0.15, 0.2) is 0 Å². The van der Waals surface area contributed by atoms with Gasteiger partial charge in [0.25, 0.3) is 0 Å². The molecule has 0 amide bonds. The molecule has 0 aliphatic rings. The summed E-state index contributed by atoms with van der Waals surface area (Å²) in [6, 6.07) is 55.7. The minimum atomic E-state index is 0. The van der Waals surface area contributed by atoms with Crippen LogP contribution in [0, 0.1) is 19.1 Å². The average Bonchev–Trinajstić information content (AvgIpc) is 3.92. The largest absolute Gasteiger partial charge is 0.309 e. The second-order valence-corrected chi connectivity index (χ2v) is 13.3. The Kier molecular flexibility index (Phi) is 6.91. The minimum Gasteiger partial charge on any atom is -0.309 e. The molecule has 0 aliphatic carbocycles. The summed E-state index contributed by atoms with van der Waals surface area (Å²) in [5.74, 6) is 0. The van der Waals surface area contributed by atoms with Crippen LogP contribution in [0.4, 0.5) is 0 Å². The summed E-state index contributed by atoms with van der Waals surface area (Å²) < 4.78 is 4.92. The predicted molar refractivity (Wildman–Crippen MR) is 211 cm³/mol. The van der Waals surface area contributed by atoms with Crippen molar-refractivity contribution in [2.45, 2.75) is 6.92 Å². The van der Waals surface area contributed by atoms with Crippen LogP contribution in [-0.2, 0) is 20.1 Å². The van der Waals surface area contributed by atoms with Crippen molar-refractivity contribution in [1.29, 1.82) is 0 Å². The first-order valence-electron chi connectivity index (χ1n) is 17.2. The zero-order chi connectivity index (χ0) is 33.6. The first-order valence-corrected chi connectivity index (χ1v) is 17.2. The van der Waals surface area contributed by atoms with Gasteiger partial charge in [-0.3, -0.25) is 0 Å². The Labute approximate surface area is 312 Å². The summed E-state index contributed by atoms with van der Waals surface area (Å²) >= 11 is 0. The molecule has 0 spiro atoms. The van der Waals surface area contributed by atoms with Gasteiger partial charge in [-0.25, -0.2) is 0 Å². The Morgan fingerprint density at radius 3 is 1.56 bits per heavy atom. The summed E-state index contributed by atoms with van der Waals surface area (Å²) in [5, 5.41) is 10.2. The first-order chi connectivity index (χ1) is 25.2. The Hall–Kier alpha value is -6.13. The average molecular weight is 841 g/mol. The second-order valence-electron chi connectivity index (χ2n) is 13.3. The van der Waals surface area contributed by atoms with E-state index in [1.165, 1.54) is 81.8 Å². The monoisotopic (exact) mass is 841 g/mol. The van der Waals surface area contributed by atoms with Crippen LogP contribution in [0.2, 0.25) is 0 Å². The van der Waals surface area contributed by atoms with Crippen molar-refractivity contribution in [3.63, 3.8) is 0 Å². The van der Waals surface area contributed by atoms with Crippen LogP contribution in [0.1, 0.15) is 5.56 Å². The van der Waals surface area contributed by atoms with E-state index in [0.717, 1.165) is 22.5 Å². The van der Waals surface area contributed by atoms with E-state index in [0.29, 0.717) is 0 Å². The molecule has 0 atom stereocenters. The second kappa shape index (κ2) is 11.7. The van der Waals surface area contributed by atoms with Crippen LogP contribution < -0.4 is 0 Å². The van der Waals surface area contributed by atoms with Crippen LogP contribution in [0.3, 0.4) is 0 Å². The zero-order valence-corrected chi connectivity index (χ0v) is 30.5. The maximum absolute atomic E-state index is 4.84. The van der Waals surface area contributed by atoms with Gasteiger partial charge in [0.05, 0.1) is 27.6 Å². The number of benzene rings is 6. The maximum atomic E-state index is 4.84. The molecule has 12 aromatic rings. The standard InChI is InChI=1S/C35H18N3.C12H10N.Ir/c1-2-8-20(9-3-1)29-18-33-28(19-36-29)25-14-7-13-24-27-16-31-26(17-32(27)38(33)35(24)25)23-12-6-11-22-21-10-4-5-15-30(21)37(31)34(22)23;1-10-7-8-12(13-9-10)11-5-3-2-4-6-11;/h1-8,10-19H;2-5,7-9H,1H3;/q2*-1;. The molecule has 0 aliphatic heterocycles. The van der Waals surface area contributed by atoms with E-state index in [1.807, 2.05) is 67.8 Å². The third-order valence-corrected chi connectivity index (χ3v) is 10.4. The van der Waals surface area contributed by atoms with E-state index in [4.69, 9.17) is 4.98 Å². The van der Waals surface area contributed by atoms with E-state index in [1.54, 1.807) is 0 Å². The zero-order valence-electron chi connectivity index (χ0n) is 28.1. The van der Waals surface area contributed by atoms with Gasteiger partial charge in [-0.2, -0.15) is 0 Å². The fraction of sp³-hybridized carbons (Fsp3) is 0.0213. The normalized spacial score (nSPS) is 11.8.